The number of hydroxylamine groups is 1. The Kier molecular flexibility index (Phi) is 7.70. The minimum atomic E-state index is -0.505. The predicted octanol–water partition coefficient (Wildman–Crippen LogP) is 4.02. The average molecular weight is 437 g/mol. The lowest BCUT2D eigenvalue weighted by atomic mass is 9.44. The maximum Gasteiger partial charge on any atom is 0.0832 e. The zero-order valence-corrected chi connectivity index (χ0v) is 20.0. The molecular weight excluding hydrogens is 388 g/mol. The molecule has 0 spiro atoms. The van der Waals surface area contributed by atoms with E-state index < -0.39 is 12.2 Å². The highest BCUT2D eigenvalue weighted by molar-refractivity contribution is 5.10. The molecule has 5 heteroatoms. The lowest BCUT2D eigenvalue weighted by Gasteiger charge is -2.61. The second-order valence-electron chi connectivity index (χ2n) is 11.9. The summed E-state index contributed by atoms with van der Waals surface area (Å²) in [4.78, 5) is 5.54. The van der Waals surface area contributed by atoms with E-state index in [0.717, 1.165) is 75.5 Å². The monoisotopic (exact) mass is 436 g/mol. The topological polar surface area (TPSA) is 87.7 Å². The van der Waals surface area contributed by atoms with Crippen molar-refractivity contribution in [1.82, 2.24) is 5.48 Å². The molecule has 9 atom stereocenters. The summed E-state index contributed by atoms with van der Waals surface area (Å²) in [7, 11) is 0. The normalized spacial score (nSPS) is 46.9. The standard InChI is InChI=1S/C26H48N2O3/c1-25-13-11-21-19(8-10-22-24(30)23(29)12-14-26(21,22)2)20(25)9-7-18(25)6-5-16-28-31-17-4-3-15-27/h18-24,28-30H,3-17,27H2,1-2H3/t18?,19-,20-,21+,22?,23?,24?,25+,26+/m0/s1. The summed E-state index contributed by atoms with van der Waals surface area (Å²) in [5, 5.41) is 21.0. The molecule has 0 aliphatic heterocycles. The lowest BCUT2D eigenvalue weighted by molar-refractivity contribution is -0.173. The van der Waals surface area contributed by atoms with Crippen LogP contribution < -0.4 is 11.2 Å². The molecule has 5 nitrogen and oxygen atoms in total. The van der Waals surface area contributed by atoms with Crippen molar-refractivity contribution >= 4 is 0 Å². The number of rotatable bonds is 9. The SMILES string of the molecule is C[C@]12CCC(O)C(O)C1CC[C@@H]1[C@H]2CC[C@]2(C)C(CCCNOCCCCN)CC[C@@H]12. The van der Waals surface area contributed by atoms with Crippen LogP contribution in [0.2, 0.25) is 0 Å². The van der Waals surface area contributed by atoms with Crippen molar-refractivity contribution in [2.24, 2.45) is 46.2 Å². The molecule has 0 bridgehead atoms. The van der Waals surface area contributed by atoms with Crippen LogP contribution in [0.15, 0.2) is 0 Å². The summed E-state index contributed by atoms with van der Waals surface area (Å²) in [6.07, 6.45) is 13.3. The fourth-order valence-electron chi connectivity index (χ4n) is 8.78. The van der Waals surface area contributed by atoms with E-state index in [1.165, 1.54) is 44.9 Å². The molecule has 0 aromatic heterocycles. The minimum Gasteiger partial charge on any atom is -0.390 e. The lowest BCUT2D eigenvalue weighted by Crippen LogP contribution is -2.58. The minimum absolute atomic E-state index is 0.228. The predicted molar refractivity (Wildman–Crippen MR) is 124 cm³/mol. The molecule has 0 aromatic carbocycles. The fraction of sp³-hybridized carbons (Fsp3) is 1.00. The van der Waals surface area contributed by atoms with Gasteiger partial charge in [-0.25, -0.2) is 5.48 Å². The van der Waals surface area contributed by atoms with E-state index in [1.54, 1.807) is 0 Å². The van der Waals surface area contributed by atoms with Gasteiger partial charge in [-0.15, -0.1) is 0 Å². The third kappa shape index (κ3) is 4.47. The van der Waals surface area contributed by atoms with Crippen LogP contribution in [0.1, 0.15) is 90.9 Å². The maximum atomic E-state index is 10.7. The first-order valence-electron chi connectivity index (χ1n) is 13.3. The van der Waals surface area contributed by atoms with Crippen molar-refractivity contribution in [2.45, 2.75) is 103 Å². The summed E-state index contributed by atoms with van der Waals surface area (Å²) in [6.45, 7) is 7.52. The largest absolute Gasteiger partial charge is 0.390 e. The van der Waals surface area contributed by atoms with Gasteiger partial charge in [0.1, 0.15) is 0 Å². The molecule has 0 aromatic rings. The van der Waals surface area contributed by atoms with E-state index in [4.69, 9.17) is 10.6 Å². The molecule has 0 amide bonds. The van der Waals surface area contributed by atoms with Crippen LogP contribution >= 0.6 is 0 Å². The zero-order chi connectivity index (χ0) is 22.1. The van der Waals surface area contributed by atoms with Gasteiger partial charge in [-0.2, -0.15) is 0 Å². The molecule has 4 saturated carbocycles. The van der Waals surface area contributed by atoms with Crippen molar-refractivity contribution in [1.29, 1.82) is 0 Å². The van der Waals surface area contributed by atoms with Gasteiger partial charge in [-0.05, 0) is 124 Å². The second-order valence-corrected chi connectivity index (χ2v) is 11.9. The van der Waals surface area contributed by atoms with Gasteiger partial charge in [0.25, 0.3) is 0 Å². The first kappa shape index (κ1) is 23.9. The first-order valence-corrected chi connectivity index (χ1v) is 13.3. The van der Waals surface area contributed by atoms with Gasteiger partial charge < -0.3 is 20.8 Å². The van der Waals surface area contributed by atoms with Crippen molar-refractivity contribution in [3.63, 3.8) is 0 Å². The van der Waals surface area contributed by atoms with Gasteiger partial charge in [0.2, 0.25) is 0 Å². The molecule has 4 rings (SSSR count). The van der Waals surface area contributed by atoms with Gasteiger partial charge in [-0.1, -0.05) is 13.8 Å². The van der Waals surface area contributed by atoms with Crippen LogP contribution in [0.3, 0.4) is 0 Å². The van der Waals surface area contributed by atoms with E-state index >= 15 is 0 Å². The van der Waals surface area contributed by atoms with Crippen LogP contribution in [-0.4, -0.2) is 42.1 Å². The van der Waals surface area contributed by atoms with Crippen LogP contribution in [0.5, 0.6) is 0 Å². The number of aliphatic hydroxyl groups is 2. The summed E-state index contributed by atoms with van der Waals surface area (Å²) >= 11 is 0. The zero-order valence-electron chi connectivity index (χ0n) is 20.0. The van der Waals surface area contributed by atoms with Crippen molar-refractivity contribution in [3.8, 4) is 0 Å². The Hall–Kier alpha value is -0.200. The number of aliphatic hydroxyl groups excluding tert-OH is 2. The van der Waals surface area contributed by atoms with Crippen LogP contribution in [-0.2, 0) is 4.84 Å². The van der Waals surface area contributed by atoms with Crippen molar-refractivity contribution in [3.05, 3.63) is 0 Å². The van der Waals surface area contributed by atoms with Crippen LogP contribution in [0.4, 0.5) is 0 Å². The maximum absolute atomic E-state index is 10.7. The number of nitrogens with one attached hydrogen (secondary N) is 1. The molecule has 4 fully saturated rings. The van der Waals surface area contributed by atoms with Gasteiger partial charge in [0.15, 0.2) is 0 Å². The number of hydrogen-bond donors (Lipinski definition) is 4. The molecule has 4 aliphatic rings. The smallest absolute Gasteiger partial charge is 0.0832 e. The Morgan fingerprint density at radius 2 is 1.61 bits per heavy atom. The summed E-state index contributed by atoms with van der Waals surface area (Å²) in [6, 6.07) is 0. The molecule has 4 aliphatic carbocycles. The van der Waals surface area contributed by atoms with Gasteiger partial charge in [0.05, 0.1) is 18.8 Å². The third-order valence-electron chi connectivity index (χ3n) is 10.6. The molecule has 180 valence electrons. The average Bonchev–Trinajstić information content (AvgIpc) is 3.09. The first-order chi connectivity index (χ1) is 14.9. The molecule has 0 radical (unpaired) electrons. The highest BCUT2D eigenvalue weighted by Gasteiger charge is 2.61. The summed E-state index contributed by atoms with van der Waals surface area (Å²) in [5.41, 5.74) is 9.41. The number of hydrogen-bond acceptors (Lipinski definition) is 5. The highest BCUT2D eigenvalue weighted by Crippen LogP contribution is 2.67. The summed E-state index contributed by atoms with van der Waals surface area (Å²) in [5.74, 6) is 3.58. The molecular formula is C26H48N2O3. The van der Waals surface area contributed by atoms with Crippen molar-refractivity contribution in [2.75, 3.05) is 19.7 Å². The number of unbranched alkanes of at least 4 members (excludes halogenated alkanes) is 1. The van der Waals surface area contributed by atoms with Gasteiger partial charge >= 0.3 is 0 Å². The van der Waals surface area contributed by atoms with Gasteiger partial charge in [-0.3, -0.25) is 0 Å². The van der Waals surface area contributed by atoms with E-state index in [2.05, 4.69) is 19.3 Å². The van der Waals surface area contributed by atoms with Gasteiger partial charge in [0, 0.05) is 6.54 Å². The number of nitrogens with two attached hydrogens (primary N) is 1. The Labute approximate surface area is 189 Å². The number of fused-ring (bicyclic) bond motifs is 5. The van der Waals surface area contributed by atoms with Crippen molar-refractivity contribution < 1.29 is 15.1 Å². The Bertz CT molecular complexity index is 589. The Morgan fingerprint density at radius 1 is 0.871 bits per heavy atom. The highest BCUT2D eigenvalue weighted by atomic mass is 16.6. The summed E-state index contributed by atoms with van der Waals surface area (Å²) < 4.78 is 0. The third-order valence-corrected chi connectivity index (χ3v) is 10.6. The Balaban J connectivity index is 1.31. The van der Waals surface area contributed by atoms with E-state index in [9.17, 15) is 10.2 Å². The molecule has 4 unspecified atom stereocenters. The van der Waals surface area contributed by atoms with E-state index in [-0.39, 0.29) is 5.41 Å². The molecule has 0 saturated heterocycles. The fourth-order valence-corrected chi connectivity index (χ4v) is 8.78. The Morgan fingerprint density at radius 3 is 2.42 bits per heavy atom. The van der Waals surface area contributed by atoms with Crippen LogP contribution in [0.25, 0.3) is 0 Å². The molecule has 5 N–H and O–H groups in total. The molecule has 31 heavy (non-hydrogen) atoms. The quantitative estimate of drug-likeness (QED) is 0.324. The van der Waals surface area contributed by atoms with E-state index in [0.29, 0.717) is 11.3 Å². The molecule has 0 heterocycles. The second kappa shape index (κ2) is 9.97. The van der Waals surface area contributed by atoms with Crippen LogP contribution in [0, 0.1) is 40.4 Å². The van der Waals surface area contributed by atoms with E-state index in [1.807, 2.05) is 0 Å².